The topological polar surface area (TPSA) is 33.0 Å². The van der Waals surface area contributed by atoms with E-state index in [2.05, 4.69) is 53.2 Å². The second-order valence-corrected chi connectivity index (χ2v) is 6.94. The number of nitrogens with zero attached hydrogens (tertiary/aromatic N) is 1. The molecule has 0 heterocycles. The fraction of sp³-hybridized carbons (Fsp3) is 0.0870. The Morgan fingerprint density at radius 1 is 1.04 bits per heavy atom. The molecule has 0 fully saturated rings. The Morgan fingerprint density at radius 2 is 1.77 bits per heavy atom. The lowest BCUT2D eigenvalue weighted by Crippen LogP contribution is -1.95. The molecule has 0 saturated carbocycles. The molecule has 0 bridgehead atoms. The first-order valence-electron chi connectivity index (χ1n) is 8.30. The smallest absolute Gasteiger partial charge is 0.120 e. The first kappa shape index (κ1) is 18.0. The Bertz CT molecular complexity index is 951. The van der Waals surface area contributed by atoms with Crippen LogP contribution in [0.2, 0.25) is 0 Å². The molecule has 3 aromatic rings. The average Bonchev–Trinajstić information content (AvgIpc) is 2.67. The molecule has 3 heteroatoms. The zero-order valence-corrected chi connectivity index (χ0v) is 16.0. The summed E-state index contributed by atoms with van der Waals surface area (Å²) in [6.45, 7) is 2.59. The third kappa shape index (κ3) is 4.84. The molecule has 128 valence electrons. The van der Waals surface area contributed by atoms with Gasteiger partial charge in [-0.3, -0.25) is 0 Å². The number of aryl methyl sites for hydroxylation is 1. The number of halogens is 1. The molecule has 3 aromatic carbocycles. The van der Waals surface area contributed by atoms with Crippen LogP contribution in [0.5, 0.6) is 5.75 Å². The molecule has 0 aliphatic carbocycles. The van der Waals surface area contributed by atoms with Crippen LogP contribution < -0.4 is 4.74 Å². The van der Waals surface area contributed by atoms with Gasteiger partial charge in [-0.25, -0.2) is 0 Å². The van der Waals surface area contributed by atoms with Crippen molar-refractivity contribution < 1.29 is 4.74 Å². The first-order valence-corrected chi connectivity index (χ1v) is 9.09. The molecule has 26 heavy (non-hydrogen) atoms. The zero-order valence-electron chi connectivity index (χ0n) is 14.4. The highest BCUT2D eigenvalue weighted by Gasteiger charge is 2.03. The summed E-state index contributed by atoms with van der Waals surface area (Å²) in [6, 6.07) is 26.1. The van der Waals surface area contributed by atoms with Crippen LogP contribution in [-0.4, -0.2) is 0 Å². The Kier molecular flexibility index (Phi) is 5.88. The summed E-state index contributed by atoms with van der Waals surface area (Å²) in [7, 11) is 0. The van der Waals surface area contributed by atoms with Gasteiger partial charge in [-0.15, -0.1) is 0 Å². The van der Waals surface area contributed by atoms with E-state index in [0.29, 0.717) is 12.2 Å². The summed E-state index contributed by atoms with van der Waals surface area (Å²) < 4.78 is 6.88. The van der Waals surface area contributed by atoms with Gasteiger partial charge in [0, 0.05) is 4.47 Å². The van der Waals surface area contributed by atoms with Crippen molar-refractivity contribution in [2.45, 2.75) is 13.5 Å². The quantitative estimate of drug-likeness (QED) is 0.364. The van der Waals surface area contributed by atoms with Crippen molar-refractivity contribution in [3.63, 3.8) is 0 Å². The van der Waals surface area contributed by atoms with E-state index in [1.807, 2.05) is 54.6 Å². The van der Waals surface area contributed by atoms with E-state index in [4.69, 9.17) is 4.74 Å². The number of hydrogen-bond acceptors (Lipinski definition) is 2. The van der Waals surface area contributed by atoms with Crippen LogP contribution in [0.1, 0.15) is 22.3 Å². The number of nitriles is 1. The molecule has 0 aliphatic heterocycles. The van der Waals surface area contributed by atoms with E-state index in [0.717, 1.165) is 26.9 Å². The summed E-state index contributed by atoms with van der Waals surface area (Å²) in [4.78, 5) is 0. The van der Waals surface area contributed by atoms with E-state index < -0.39 is 0 Å². The molecule has 0 aliphatic rings. The van der Waals surface area contributed by atoms with Crippen molar-refractivity contribution in [2.75, 3.05) is 0 Å². The van der Waals surface area contributed by atoms with E-state index in [-0.39, 0.29) is 0 Å². The van der Waals surface area contributed by atoms with Crippen LogP contribution in [0.15, 0.2) is 77.3 Å². The maximum absolute atomic E-state index is 9.49. The van der Waals surface area contributed by atoms with Crippen LogP contribution in [-0.2, 0) is 6.61 Å². The summed E-state index contributed by atoms with van der Waals surface area (Å²) in [6.07, 6.45) is 1.88. The molecule has 0 aromatic heterocycles. The molecule has 0 spiro atoms. The normalized spacial score (nSPS) is 11.0. The van der Waals surface area contributed by atoms with Crippen LogP contribution in [0.3, 0.4) is 0 Å². The predicted molar refractivity (Wildman–Crippen MR) is 110 cm³/mol. The fourth-order valence-corrected chi connectivity index (χ4v) is 2.79. The Balaban J connectivity index is 1.76. The Morgan fingerprint density at radius 3 is 2.46 bits per heavy atom. The minimum Gasteiger partial charge on any atom is -0.489 e. The molecule has 0 N–H and O–H groups in total. The van der Waals surface area contributed by atoms with Crippen molar-refractivity contribution in [2.24, 2.45) is 0 Å². The van der Waals surface area contributed by atoms with Gasteiger partial charge in [-0.2, -0.15) is 5.26 Å². The highest BCUT2D eigenvalue weighted by Crippen LogP contribution is 2.22. The van der Waals surface area contributed by atoms with Gasteiger partial charge in [-0.05, 0) is 54.0 Å². The SMILES string of the molecule is Cc1ccc(COc2cccc(/C=C(/C#N)c3ccc(Br)cc3)c2)cc1. The maximum Gasteiger partial charge on any atom is 0.120 e. The van der Waals surface area contributed by atoms with E-state index in [1.165, 1.54) is 5.56 Å². The molecular formula is C23H18BrNO. The van der Waals surface area contributed by atoms with E-state index in [9.17, 15) is 5.26 Å². The van der Waals surface area contributed by atoms with Crippen molar-refractivity contribution in [3.05, 3.63) is 99.5 Å². The van der Waals surface area contributed by atoms with Crippen LogP contribution in [0, 0.1) is 18.3 Å². The van der Waals surface area contributed by atoms with Crippen molar-refractivity contribution in [1.29, 1.82) is 5.26 Å². The largest absolute Gasteiger partial charge is 0.489 e. The fourth-order valence-electron chi connectivity index (χ4n) is 2.52. The molecular weight excluding hydrogens is 386 g/mol. The average molecular weight is 404 g/mol. The monoisotopic (exact) mass is 403 g/mol. The van der Waals surface area contributed by atoms with Gasteiger partial charge in [-0.1, -0.05) is 70.0 Å². The van der Waals surface area contributed by atoms with Gasteiger partial charge >= 0.3 is 0 Å². The Hall–Kier alpha value is -2.83. The van der Waals surface area contributed by atoms with E-state index in [1.54, 1.807) is 0 Å². The number of benzene rings is 3. The molecule has 3 rings (SSSR count). The van der Waals surface area contributed by atoms with Crippen molar-refractivity contribution >= 4 is 27.6 Å². The second kappa shape index (κ2) is 8.51. The van der Waals surface area contributed by atoms with Crippen LogP contribution in [0.25, 0.3) is 11.6 Å². The van der Waals surface area contributed by atoms with Crippen LogP contribution >= 0.6 is 15.9 Å². The molecule has 0 atom stereocenters. The molecule has 0 saturated heterocycles. The van der Waals surface area contributed by atoms with Crippen molar-refractivity contribution in [3.8, 4) is 11.8 Å². The predicted octanol–water partition coefficient (Wildman–Crippen LogP) is 6.40. The molecule has 0 radical (unpaired) electrons. The van der Waals surface area contributed by atoms with Gasteiger partial charge in [0.05, 0.1) is 11.6 Å². The van der Waals surface area contributed by atoms with Crippen LogP contribution in [0.4, 0.5) is 0 Å². The first-order chi connectivity index (χ1) is 12.6. The minimum atomic E-state index is 0.519. The van der Waals surface area contributed by atoms with Crippen molar-refractivity contribution in [1.82, 2.24) is 0 Å². The molecule has 0 unspecified atom stereocenters. The lowest BCUT2D eigenvalue weighted by Gasteiger charge is -2.08. The van der Waals surface area contributed by atoms with Gasteiger partial charge in [0.2, 0.25) is 0 Å². The standard InChI is InChI=1S/C23H18BrNO/c1-17-5-7-18(8-6-17)16-26-23-4-2-3-19(14-23)13-21(15-25)20-9-11-22(24)12-10-20/h2-14H,16H2,1H3/b21-13-. The maximum atomic E-state index is 9.49. The molecule has 0 amide bonds. The van der Waals surface area contributed by atoms with Gasteiger partial charge < -0.3 is 4.74 Å². The minimum absolute atomic E-state index is 0.519. The summed E-state index contributed by atoms with van der Waals surface area (Å²) in [5.41, 5.74) is 4.81. The summed E-state index contributed by atoms with van der Waals surface area (Å²) >= 11 is 3.41. The lowest BCUT2D eigenvalue weighted by atomic mass is 10.0. The highest BCUT2D eigenvalue weighted by molar-refractivity contribution is 9.10. The second-order valence-electron chi connectivity index (χ2n) is 6.02. The number of allylic oxidation sites excluding steroid dienone is 1. The van der Waals surface area contributed by atoms with Gasteiger partial charge in [0.25, 0.3) is 0 Å². The number of hydrogen-bond donors (Lipinski definition) is 0. The third-order valence-corrected chi connectivity index (χ3v) is 4.50. The lowest BCUT2D eigenvalue weighted by molar-refractivity contribution is 0.306. The summed E-state index contributed by atoms with van der Waals surface area (Å²) in [5.74, 6) is 0.785. The Labute approximate surface area is 162 Å². The number of ether oxygens (including phenoxy) is 1. The van der Waals surface area contributed by atoms with Gasteiger partial charge in [0.15, 0.2) is 0 Å². The van der Waals surface area contributed by atoms with Gasteiger partial charge in [0.1, 0.15) is 12.4 Å². The third-order valence-electron chi connectivity index (χ3n) is 3.97. The highest BCUT2D eigenvalue weighted by atomic mass is 79.9. The summed E-state index contributed by atoms with van der Waals surface area (Å²) in [5, 5.41) is 9.49. The zero-order chi connectivity index (χ0) is 18.4. The molecule has 2 nitrogen and oxygen atoms in total. The number of rotatable bonds is 5. The van der Waals surface area contributed by atoms with E-state index >= 15 is 0 Å².